The van der Waals surface area contributed by atoms with Crippen LogP contribution in [0.5, 0.6) is 0 Å². The summed E-state index contributed by atoms with van der Waals surface area (Å²) in [4.78, 5) is 10.6. The Morgan fingerprint density at radius 1 is 0.429 bits per heavy atom. The number of aliphatic hydroxyl groups is 17. The van der Waals surface area contributed by atoms with E-state index in [9.17, 15) is 91.6 Å². The van der Waals surface area contributed by atoms with Gasteiger partial charge < -0.3 is 130 Å². The first kappa shape index (κ1) is 47.3. The van der Waals surface area contributed by atoms with E-state index in [1.807, 2.05) is 0 Å². The van der Waals surface area contributed by atoms with E-state index in [-0.39, 0.29) is 6.29 Å². The van der Waals surface area contributed by atoms with E-state index in [4.69, 9.17) is 37.9 Å². The minimum Gasteiger partial charge on any atom is -0.394 e. The molecule has 4 aliphatic rings. The monoisotopic (exact) mass is 828 g/mol. The Morgan fingerprint density at radius 2 is 0.732 bits per heavy atom. The van der Waals surface area contributed by atoms with E-state index in [2.05, 4.69) is 0 Å². The lowest BCUT2D eigenvalue weighted by Crippen LogP contribution is -2.63. The second-order valence-electron chi connectivity index (χ2n) is 13.7. The van der Waals surface area contributed by atoms with Crippen molar-refractivity contribution in [2.45, 2.75) is 147 Å². The zero-order valence-electron chi connectivity index (χ0n) is 29.2. The highest BCUT2D eigenvalue weighted by molar-refractivity contribution is 5.56. The van der Waals surface area contributed by atoms with E-state index < -0.39 is 180 Å². The Kier molecular flexibility index (Phi) is 17.6. The molecule has 4 fully saturated rings. The van der Waals surface area contributed by atoms with E-state index in [1.165, 1.54) is 0 Å². The topological polar surface area (TPSA) is 435 Å². The van der Waals surface area contributed by atoms with Gasteiger partial charge in [-0.2, -0.15) is 0 Å². The van der Waals surface area contributed by atoms with Crippen LogP contribution in [0.25, 0.3) is 0 Å². The molecule has 0 saturated carbocycles. The summed E-state index contributed by atoms with van der Waals surface area (Å²) in [5, 5.41) is 173. The summed E-state index contributed by atoms with van der Waals surface area (Å²) >= 11 is 0. The molecule has 4 aliphatic heterocycles. The molecule has 0 unspecified atom stereocenters. The van der Waals surface area contributed by atoms with Gasteiger partial charge in [-0.1, -0.05) is 0 Å². The number of aliphatic hydroxyl groups excluding tert-OH is 17. The summed E-state index contributed by atoms with van der Waals surface area (Å²) in [6.07, 6.45) is -44.1. The van der Waals surface area contributed by atoms with Gasteiger partial charge in [-0.3, -0.25) is 0 Å². The van der Waals surface area contributed by atoms with E-state index in [0.717, 1.165) is 0 Å². The fraction of sp³-hybridized carbons (Fsp3) is 0.967. The molecule has 56 heavy (non-hydrogen) atoms. The molecule has 0 amide bonds. The summed E-state index contributed by atoms with van der Waals surface area (Å²) in [6.45, 7) is -3.88. The average molecular weight is 829 g/mol. The summed E-state index contributed by atoms with van der Waals surface area (Å²) in [6, 6.07) is 0. The van der Waals surface area contributed by atoms with Crippen LogP contribution in [0.1, 0.15) is 0 Å². The number of carbonyl (C=O) groups is 1. The normalized spacial score (nSPS) is 47.2. The molecule has 26 nitrogen and oxygen atoms in total. The second kappa shape index (κ2) is 20.8. The highest BCUT2D eigenvalue weighted by Crippen LogP contribution is 2.29. The lowest BCUT2D eigenvalue weighted by Gasteiger charge is -2.44. The van der Waals surface area contributed by atoms with Crippen LogP contribution in [-0.2, 0) is 42.7 Å². The Hall–Kier alpha value is -1.33. The highest BCUT2D eigenvalue weighted by atomic mass is 16.8. The summed E-state index contributed by atoms with van der Waals surface area (Å²) in [5.74, 6) is 0. The van der Waals surface area contributed by atoms with Crippen LogP contribution in [-0.4, -0.2) is 273 Å². The van der Waals surface area contributed by atoms with Crippen molar-refractivity contribution in [1.29, 1.82) is 0 Å². The Bertz CT molecular complexity index is 1190. The smallest absolute Gasteiger partial charge is 0.186 e. The van der Waals surface area contributed by atoms with Crippen molar-refractivity contribution in [3.8, 4) is 0 Å². The second-order valence-corrected chi connectivity index (χ2v) is 13.7. The molecule has 0 aromatic rings. The first-order valence-electron chi connectivity index (χ1n) is 17.4. The molecular formula is C30H52O26. The van der Waals surface area contributed by atoms with Gasteiger partial charge in [-0.25, -0.2) is 0 Å². The maximum absolute atomic E-state index is 10.6. The molecule has 4 rings (SSSR count). The van der Waals surface area contributed by atoms with Crippen LogP contribution in [0, 0.1) is 0 Å². The highest BCUT2D eigenvalue weighted by Gasteiger charge is 2.51. The maximum Gasteiger partial charge on any atom is 0.186 e. The minimum atomic E-state index is -2.12. The van der Waals surface area contributed by atoms with Gasteiger partial charge in [0, 0.05) is 0 Å². The average Bonchev–Trinajstić information content (AvgIpc) is 3.19. The summed E-state index contributed by atoms with van der Waals surface area (Å²) in [7, 11) is 0. The van der Waals surface area contributed by atoms with Crippen LogP contribution < -0.4 is 0 Å². The first-order valence-corrected chi connectivity index (χ1v) is 17.4. The molecule has 4 saturated heterocycles. The van der Waals surface area contributed by atoms with Gasteiger partial charge in [0.15, 0.2) is 31.4 Å². The number of ether oxygens (including phenoxy) is 8. The molecule has 0 bridgehead atoms. The van der Waals surface area contributed by atoms with E-state index in [1.54, 1.807) is 0 Å². The van der Waals surface area contributed by atoms with Crippen LogP contribution in [0.15, 0.2) is 0 Å². The molecular weight excluding hydrogens is 776 g/mol. The van der Waals surface area contributed by atoms with Gasteiger partial charge in [-0.05, 0) is 0 Å². The lowest BCUT2D eigenvalue weighted by atomic mass is 9.98. The maximum atomic E-state index is 10.6. The van der Waals surface area contributed by atoms with Gasteiger partial charge in [0.1, 0.15) is 122 Å². The van der Waals surface area contributed by atoms with Gasteiger partial charge in [-0.15, -0.1) is 0 Å². The Morgan fingerprint density at radius 3 is 1.05 bits per heavy atom. The fourth-order valence-electron chi connectivity index (χ4n) is 6.15. The molecule has 0 aliphatic carbocycles. The molecule has 0 radical (unpaired) electrons. The lowest BCUT2D eigenvalue weighted by molar-refractivity contribution is -0.348. The van der Waals surface area contributed by atoms with Crippen molar-refractivity contribution in [1.82, 2.24) is 0 Å². The van der Waals surface area contributed by atoms with Crippen molar-refractivity contribution < 1.29 is 130 Å². The Balaban J connectivity index is 1.32. The van der Waals surface area contributed by atoms with Crippen molar-refractivity contribution in [2.24, 2.45) is 0 Å². The van der Waals surface area contributed by atoms with Crippen LogP contribution in [0.3, 0.4) is 0 Å². The van der Waals surface area contributed by atoms with E-state index >= 15 is 0 Å². The SMILES string of the molecule is O=C[C@H](O)[C@@H](O)[C@H](O)[C@H](O)CO[C@H]1O[C@H](CO[C@H]2O[C@H](CO[C@H]3O[C@H](CO[C@H]4O[C@H](CO)[C@@H](O)[C@H](O)[C@H]4O)[C@@H](O)[C@H](O)[C@H]3O)[C@@H](O)[C@H](O)[C@H]2O)[C@@H](O)[C@H](O)[C@H]1O. The third kappa shape index (κ3) is 10.7. The summed E-state index contributed by atoms with van der Waals surface area (Å²) < 4.78 is 43.1. The zero-order valence-corrected chi connectivity index (χ0v) is 29.2. The number of carbonyl (C=O) groups excluding carboxylic acids is 1. The van der Waals surface area contributed by atoms with Crippen LogP contribution in [0.4, 0.5) is 0 Å². The molecule has 24 atom stereocenters. The number of hydrogen-bond donors (Lipinski definition) is 17. The zero-order chi connectivity index (χ0) is 41.8. The number of hydrogen-bond acceptors (Lipinski definition) is 26. The minimum absolute atomic E-state index is 0.0979. The summed E-state index contributed by atoms with van der Waals surface area (Å²) in [5.41, 5.74) is 0. The largest absolute Gasteiger partial charge is 0.394 e. The van der Waals surface area contributed by atoms with Crippen LogP contribution in [0.2, 0.25) is 0 Å². The van der Waals surface area contributed by atoms with Crippen LogP contribution >= 0.6 is 0 Å². The molecule has 0 aromatic carbocycles. The number of aldehydes is 1. The third-order valence-electron chi connectivity index (χ3n) is 9.79. The van der Waals surface area contributed by atoms with Crippen molar-refractivity contribution >= 4 is 6.29 Å². The van der Waals surface area contributed by atoms with Crippen molar-refractivity contribution in [3.05, 3.63) is 0 Å². The van der Waals surface area contributed by atoms with Crippen molar-refractivity contribution in [3.63, 3.8) is 0 Å². The molecule has 0 spiro atoms. The third-order valence-corrected chi connectivity index (χ3v) is 9.79. The Labute approximate surface area is 316 Å². The van der Waals surface area contributed by atoms with E-state index in [0.29, 0.717) is 0 Å². The molecule has 0 aromatic heterocycles. The van der Waals surface area contributed by atoms with Gasteiger partial charge in [0.05, 0.1) is 33.0 Å². The van der Waals surface area contributed by atoms with Gasteiger partial charge in [0.2, 0.25) is 0 Å². The standard InChI is InChI=1S/C30H52O26/c31-1-7(33)13(35)14(36)8(34)3-49-27-24(46)20(42)16(38)10(54-27)5-51-29-26(48)22(44)18(40)12(56-29)6-52-30-25(47)21(43)17(39)11(55-30)4-50-28-23(45)19(41)15(37)9(2-32)53-28/h1,7-30,32-48H,2-6H2/t7-,8+,9+,10+,11+,12+,13+,14+,15+,16+,17+,18+,19-,20-,21-,22-,23+,24+,25+,26+,27-,28-,29-,30-/m0/s1. The predicted molar refractivity (Wildman–Crippen MR) is 168 cm³/mol. The van der Waals surface area contributed by atoms with Gasteiger partial charge in [0.25, 0.3) is 0 Å². The van der Waals surface area contributed by atoms with Crippen molar-refractivity contribution in [2.75, 3.05) is 33.0 Å². The quantitative estimate of drug-likeness (QED) is 0.0605. The van der Waals surface area contributed by atoms with Gasteiger partial charge >= 0.3 is 0 Å². The molecule has 328 valence electrons. The molecule has 4 heterocycles. The molecule has 17 N–H and O–H groups in total. The predicted octanol–water partition coefficient (Wildman–Crippen LogP) is -12.1. The first-order chi connectivity index (χ1) is 26.3. The molecule has 26 heteroatoms. The fourth-order valence-corrected chi connectivity index (χ4v) is 6.15. The number of rotatable bonds is 17.